The Hall–Kier alpha value is -1.87. The molecule has 2 aromatic carbocycles. The summed E-state index contributed by atoms with van der Waals surface area (Å²) in [6.07, 6.45) is 0.982. The van der Waals surface area contributed by atoms with Gasteiger partial charge in [-0.1, -0.05) is 51.1 Å². The number of aryl methyl sites for hydroxylation is 2. The molecule has 0 radical (unpaired) electrons. The van der Waals surface area contributed by atoms with Crippen molar-refractivity contribution >= 4 is 23.0 Å². The van der Waals surface area contributed by atoms with Crippen LogP contribution in [0.15, 0.2) is 42.5 Å². The van der Waals surface area contributed by atoms with Gasteiger partial charge in [-0.25, -0.2) is 0 Å². The summed E-state index contributed by atoms with van der Waals surface area (Å²) in [5.41, 5.74) is 6.21. The van der Waals surface area contributed by atoms with Gasteiger partial charge >= 0.3 is 0 Å². The van der Waals surface area contributed by atoms with Crippen LogP contribution in [-0.4, -0.2) is 5.11 Å². The smallest absolute Gasteiger partial charge is 0.171 e. The molecular weight excluding hydrogens is 312 g/mol. The van der Waals surface area contributed by atoms with Crippen molar-refractivity contribution in [2.45, 2.75) is 53.0 Å². The van der Waals surface area contributed by atoms with Gasteiger partial charge in [0, 0.05) is 5.69 Å². The third-order valence-electron chi connectivity index (χ3n) is 4.48. The Morgan fingerprint density at radius 1 is 0.958 bits per heavy atom. The molecule has 1 atom stereocenters. The molecule has 2 aromatic rings. The molecule has 0 saturated carbocycles. The van der Waals surface area contributed by atoms with Crippen LogP contribution in [0, 0.1) is 13.8 Å². The Balaban J connectivity index is 2.03. The zero-order chi connectivity index (χ0) is 17.7. The van der Waals surface area contributed by atoms with E-state index in [9.17, 15) is 0 Å². The molecule has 0 amide bonds. The van der Waals surface area contributed by atoms with Gasteiger partial charge in [0.2, 0.25) is 0 Å². The molecule has 0 aliphatic carbocycles. The third kappa shape index (κ3) is 4.81. The average Bonchev–Trinajstić information content (AvgIpc) is 2.56. The van der Waals surface area contributed by atoms with Crippen molar-refractivity contribution in [2.24, 2.45) is 0 Å². The number of nitrogens with one attached hydrogen (secondary N) is 2. The minimum atomic E-state index is 0.220. The molecule has 0 aromatic heterocycles. The first-order valence-electron chi connectivity index (χ1n) is 8.65. The maximum absolute atomic E-state index is 5.50. The number of anilines is 1. The second-order valence-corrected chi connectivity index (χ2v) is 7.09. The van der Waals surface area contributed by atoms with Gasteiger partial charge in [-0.2, -0.15) is 0 Å². The van der Waals surface area contributed by atoms with E-state index < -0.39 is 0 Å². The molecular formula is C21H28N2S. The fraction of sp³-hybridized carbons (Fsp3) is 0.381. The molecule has 1 unspecified atom stereocenters. The van der Waals surface area contributed by atoms with E-state index in [0.717, 1.165) is 12.1 Å². The molecule has 2 rings (SSSR count). The molecule has 2 N–H and O–H groups in total. The lowest BCUT2D eigenvalue weighted by Gasteiger charge is -2.21. The summed E-state index contributed by atoms with van der Waals surface area (Å²) in [4.78, 5) is 0. The van der Waals surface area contributed by atoms with E-state index in [1.165, 1.54) is 22.3 Å². The van der Waals surface area contributed by atoms with Crippen molar-refractivity contribution in [3.8, 4) is 0 Å². The van der Waals surface area contributed by atoms with Crippen molar-refractivity contribution in [1.82, 2.24) is 5.32 Å². The monoisotopic (exact) mass is 340 g/mol. The van der Waals surface area contributed by atoms with Gasteiger partial charge < -0.3 is 10.6 Å². The average molecular weight is 341 g/mol. The third-order valence-corrected chi connectivity index (χ3v) is 4.70. The van der Waals surface area contributed by atoms with Crippen molar-refractivity contribution in [3.05, 3.63) is 64.7 Å². The predicted octanol–water partition coefficient (Wildman–Crippen LogP) is 5.86. The number of benzene rings is 2. The van der Waals surface area contributed by atoms with Crippen LogP contribution in [0.5, 0.6) is 0 Å². The first-order valence-corrected chi connectivity index (χ1v) is 9.06. The van der Waals surface area contributed by atoms with Gasteiger partial charge in [-0.05, 0) is 72.8 Å². The van der Waals surface area contributed by atoms with Crippen LogP contribution in [0.3, 0.4) is 0 Å². The lowest BCUT2D eigenvalue weighted by atomic mass is 9.98. The number of hydrogen-bond donors (Lipinski definition) is 2. The van der Waals surface area contributed by atoms with Gasteiger partial charge in [0.05, 0.1) is 6.04 Å². The van der Waals surface area contributed by atoms with Crippen LogP contribution in [0.4, 0.5) is 5.69 Å². The Labute approximate surface area is 151 Å². The van der Waals surface area contributed by atoms with E-state index >= 15 is 0 Å². The van der Waals surface area contributed by atoms with Crippen LogP contribution in [0.25, 0.3) is 0 Å². The van der Waals surface area contributed by atoms with E-state index in [-0.39, 0.29) is 6.04 Å². The molecule has 0 fully saturated rings. The van der Waals surface area contributed by atoms with E-state index in [0.29, 0.717) is 11.0 Å². The SMILES string of the molecule is CCC(NC(=S)Nc1ccc(C)c(C)c1)c1ccc(C(C)C)cc1. The molecule has 24 heavy (non-hydrogen) atoms. The molecule has 128 valence electrons. The van der Waals surface area contributed by atoms with Gasteiger partial charge in [0.25, 0.3) is 0 Å². The first kappa shape index (κ1) is 18.5. The Bertz CT molecular complexity index is 689. The maximum Gasteiger partial charge on any atom is 0.171 e. The fourth-order valence-electron chi connectivity index (χ4n) is 2.68. The second kappa shape index (κ2) is 8.29. The van der Waals surface area contributed by atoms with E-state index in [2.05, 4.69) is 87.7 Å². The highest BCUT2D eigenvalue weighted by molar-refractivity contribution is 7.80. The molecule has 0 spiro atoms. The summed E-state index contributed by atoms with van der Waals surface area (Å²) in [6.45, 7) is 10.8. The highest BCUT2D eigenvalue weighted by Gasteiger charge is 2.11. The summed E-state index contributed by atoms with van der Waals surface area (Å²) in [7, 11) is 0. The quantitative estimate of drug-likeness (QED) is 0.666. The fourth-order valence-corrected chi connectivity index (χ4v) is 2.94. The van der Waals surface area contributed by atoms with E-state index in [1.807, 2.05) is 0 Å². The number of hydrogen-bond acceptors (Lipinski definition) is 1. The largest absolute Gasteiger partial charge is 0.356 e. The Kier molecular flexibility index (Phi) is 6.38. The van der Waals surface area contributed by atoms with Gasteiger partial charge in [0.1, 0.15) is 0 Å². The molecule has 3 heteroatoms. The summed E-state index contributed by atoms with van der Waals surface area (Å²) in [5.74, 6) is 0.555. The normalized spacial score (nSPS) is 12.1. The van der Waals surface area contributed by atoms with Crippen LogP contribution in [0.2, 0.25) is 0 Å². The van der Waals surface area contributed by atoms with Crippen molar-refractivity contribution in [3.63, 3.8) is 0 Å². The topological polar surface area (TPSA) is 24.1 Å². The van der Waals surface area contributed by atoms with Crippen molar-refractivity contribution in [1.29, 1.82) is 0 Å². The second-order valence-electron chi connectivity index (χ2n) is 6.68. The predicted molar refractivity (Wildman–Crippen MR) is 109 cm³/mol. The highest BCUT2D eigenvalue weighted by atomic mass is 32.1. The molecule has 0 aliphatic rings. The van der Waals surface area contributed by atoms with Crippen LogP contribution >= 0.6 is 12.2 Å². The molecule has 0 heterocycles. The summed E-state index contributed by atoms with van der Waals surface area (Å²) >= 11 is 5.50. The lowest BCUT2D eigenvalue weighted by molar-refractivity contribution is 0.628. The molecule has 0 bridgehead atoms. The van der Waals surface area contributed by atoms with Gasteiger partial charge in [-0.15, -0.1) is 0 Å². The molecule has 2 nitrogen and oxygen atoms in total. The van der Waals surface area contributed by atoms with E-state index in [1.54, 1.807) is 0 Å². The zero-order valence-electron chi connectivity index (χ0n) is 15.3. The zero-order valence-corrected chi connectivity index (χ0v) is 16.1. The maximum atomic E-state index is 5.50. The van der Waals surface area contributed by atoms with Crippen LogP contribution in [-0.2, 0) is 0 Å². The van der Waals surface area contributed by atoms with Crippen LogP contribution in [0.1, 0.15) is 61.4 Å². The minimum Gasteiger partial charge on any atom is -0.356 e. The first-order chi connectivity index (χ1) is 11.4. The summed E-state index contributed by atoms with van der Waals surface area (Å²) in [6, 6.07) is 15.4. The molecule has 0 aliphatic heterocycles. The highest BCUT2D eigenvalue weighted by Crippen LogP contribution is 2.21. The number of thiocarbonyl (C=S) groups is 1. The van der Waals surface area contributed by atoms with E-state index in [4.69, 9.17) is 12.2 Å². The summed E-state index contributed by atoms with van der Waals surface area (Å²) in [5, 5.41) is 7.39. The Morgan fingerprint density at radius 2 is 1.58 bits per heavy atom. The molecule has 0 saturated heterocycles. The van der Waals surface area contributed by atoms with Crippen molar-refractivity contribution in [2.75, 3.05) is 5.32 Å². The van der Waals surface area contributed by atoms with Crippen molar-refractivity contribution < 1.29 is 0 Å². The Morgan fingerprint density at radius 3 is 2.12 bits per heavy atom. The van der Waals surface area contributed by atoms with Crippen LogP contribution < -0.4 is 10.6 Å². The lowest BCUT2D eigenvalue weighted by Crippen LogP contribution is -2.32. The van der Waals surface area contributed by atoms with Gasteiger partial charge in [0.15, 0.2) is 5.11 Å². The standard InChI is InChI=1S/C21H28N2S/c1-6-20(18-10-8-17(9-11-18)14(2)3)23-21(24)22-19-12-7-15(4)16(5)13-19/h7-14,20H,6H2,1-5H3,(H2,22,23,24). The number of rotatable bonds is 5. The van der Waals surface area contributed by atoms with Gasteiger partial charge in [-0.3, -0.25) is 0 Å². The summed E-state index contributed by atoms with van der Waals surface area (Å²) < 4.78 is 0. The minimum absolute atomic E-state index is 0.220.